The summed E-state index contributed by atoms with van der Waals surface area (Å²) < 4.78 is 0.935. The molecule has 2 aromatic rings. The van der Waals surface area contributed by atoms with E-state index in [1.807, 2.05) is 29.2 Å². The van der Waals surface area contributed by atoms with Crippen LogP contribution in [0.5, 0.6) is 0 Å². The number of hydrogen-bond donors (Lipinski definition) is 1. The number of halogens is 1. The highest BCUT2D eigenvalue weighted by molar-refractivity contribution is 9.10. The summed E-state index contributed by atoms with van der Waals surface area (Å²) in [4.78, 5) is 23.8. The quantitative estimate of drug-likeness (QED) is 0.602. The van der Waals surface area contributed by atoms with E-state index in [0.29, 0.717) is 18.9 Å². The van der Waals surface area contributed by atoms with Gasteiger partial charge in [0, 0.05) is 36.3 Å². The Labute approximate surface area is 154 Å². The van der Waals surface area contributed by atoms with Gasteiger partial charge in [-0.3, -0.25) is 10.1 Å². The fraction of sp³-hybridized carbons (Fsp3) is 0.375. The highest BCUT2D eigenvalue weighted by atomic mass is 79.9. The molecule has 9 heteroatoms. The Balaban J connectivity index is 1.89. The van der Waals surface area contributed by atoms with Gasteiger partial charge in [-0.15, -0.1) is 0 Å². The minimum atomic E-state index is -0.414. The second-order valence-corrected chi connectivity index (χ2v) is 6.62. The van der Waals surface area contributed by atoms with Crippen LogP contribution in [-0.4, -0.2) is 52.5 Å². The third-order valence-electron chi connectivity index (χ3n) is 4.21. The molecule has 0 atom stereocenters. The van der Waals surface area contributed by atoms with Crippen LogP contribution in [0, 0.1) is 10.1 Å². The molecule has 0 aliphatic carbocycles. The van der Waals surface area contributed by atoms with Crippen LogP contribution < -0.4 is 10.2 Å². The molecule has 0 radical (unpaired) electrons. The SMILES string of the molecule is CCN1CCN(c2ncnc(Nc3ccc(Br)cc3)c2[N+](=O)[O-])CC1. The summed E-state index contributed by atoms with van der Waals surface area (Å²) in [7, 11) is 0. The molecular formula is C16H19BrN6O2. The Morgan fingerprint density at radius 1 is 1.20 bits per heavy atom. The molecule has 1 aromatic heterocycles. The first-order chi connectivity index (χ1) is 12.1. The molecule has 1 aromatic carbocycles. The number of nitrogens with one attached hydrogen (secondary N) is 1. The smallest absolute Gasteiger partial charge is 0.348 e. The number of benzene rings is 1. The molecule has 1 saturated heterocycles. The summed E-state index contributed by atoms with van der Waals surface area (Å²) in [6, 6.07) is 7.38. The number of likely N-dealkylation sites (N-methyl/N-ethyl adjacent to an activating group) is 1. The van der Waals surface area contributed by atoms with Crippen LogP contribution in [0.4, 0.5) is 23.0 Å². The molecular weight excluding hydrogens is 388 g/mol. The van der Waals surface area contributed by atoms with Gasteiger partial charge >= 0.3 is 5.69 Å². The second kappa shape index (κ2) is 7.75. The van der Waals surface area contributed by atoms with Crippen molar-refractivity contribution in [1.82, 2.24) is 14.9 Å². The van der Waals surface area contributed by atoms with Crippen LogP contribution >= 0.6 is 15.9 Å². The van der Waals surface area contributed by atoms with Gasteiger partial charge < -0.3 is 15.1 Å². The van der Waals surface area contributed by atoms with Crippen LogP contribution in [0.1, 0.15) is 6.92 Å². The van der Waals surface area contributed by atoms with Crippen molar-refractivity contribution in [2.75, 3.05) is 42.9 Å². The average molecular weight is 407 g/mol. The Morgan fingerprint density at radius 3 is 2.48 bits per heavy atom. The molecule has 1 N–H and O–H groups in total. The van der Waals surface area contributed by atoms with Crippen molar-refractivity contribution in [1.29, 1.82) is 0 Å². The number of nitrogens with zero attached hydrogens (tertiary/aromatic N) is 5. The van der Waals surface area contributed by atoms with Gasteiger partial charge in [0.25, 0.3) is 0 Å². The molecule has 0 unspecified atom stereocenters. The van der Waals surface area contributed by atoms with E-state index in [2.05, 4.69) is 43.0 Å². The van der Waals surface area contributed by atoms with Gasteiger partial charge in [0.05, 0.1) is 4.92 Å². The maximum atomic E-state index is 11.7. The lowest BCUT2D eigenvalue weighted by Crippen LogP contribution is -2.46. The largest absolute Gasteiger partial charge is 0.353 e. The van der Waals surface area contributed by atoms with Crippen molar-refractivity contribution in [3.8, 4) is 0 Å². The summed E-state index contributed by atoms with van der Waals surface area (Å²) in [5.41, 5.74) is 0.641. The summed E-state index contributed by atoms with van der Waals surface area (Å²) in [6.07, 6.45) is 1.37. The van der Waals surface area contributed by atoms with Crippen molar-refractivity contribution in [2.24, 2.45) is 0 Å². The van der Waals surface area contributed by atoms with Gasteiger partial charge in [0.1, 0.15) is 6.33 Å². The standard InChI is InChI=1S/C16H19BrN6O2/c1-2-21-7-9-22(10-8-21)16-14(23(24)25)15(18-11-19-16)20-13-5-3-12(17)4-6-13/h3-6,11H,2,7-10H2,1H3,(H,18,19,20). The van der Waals surface area contributed by atoms with E-state index in [1.54, 1.807) is 0 Å². The first-order valence-electron chi connectivity index (χ1n) is 8.07. The Hall–Kier alpha value is -2.26. The maximum absolute atomic E-state index is 11.7. The topological polar surface area (TPSA) is 87.4 Å². The lowest BCUT2D eigenvalue weighted by Gasteiger charge is -2.34. The van der Waals surface area contributed by atoms with Gasteiger partial charge in [-0.1, -0.05) is 22.9 Å². The molecule has 1 aliphatic heterocycles. The van der Waals surface area contributed by atoms with E-state index < -0.39 is 4.92 Å². The summed E-state index contributed by atoms with van der Waals surface area (Å²) in [6.45, 7) is 6.26. The zero-order valence-electron chi connectivity index (χ0n) is 13.9. The number of piperazine rings is 1. The predicted octanol–water partition coefficient (Wildman–Crippen LogP) is 3.03. The molecule has 8 nitrogen and oxygen atoms in total. The van der Waals surface area contributed by atoms with Gasteiger partial charge in [0.2, 0.25) is 11.6 Å². The van der Waals surface area contributed by atoms with Crippen molar-refractivity contribution < 1.29 is 4.92 Å². The van der Waals surface area contributed by atoms with Crippen molar-refractivity contribution >= 4 is 38.9 Å². The van der Waals surface area contributed by atoms with Gasteiger partial charge in [-0.2, -0.15) is 0 Å². The second-order valence-electron chi connectivity index (χ2n) is 5.70. The normalized spacial score (nSPS) is 15.2. The van der Waals surface area contributed by atoms with E-state index in [1.165, 1.54) is 6.33 Å². The number of aromatic nitrogens is 2. The number of nitro groups is 1. The predicted molar refractivity (Wildman–Crippen MR) is 100 cm³/mol. The minimum Gasteiger partial charge on any atom is -0.348 e. The zero-order chi connectivity index (χ0) is 17.8. The Morgan fingerprint density at radius 2 is 1.88 bits per heavy atom. The van der Waals surface area contributed by atoms with Crippen molar-refractivity contribution in [3.05, 3.63) is 45.2 Å². The lowest BCUT2D eigenvalue weighted by molar-refractivity contribution is -0.383. The maximum Gasteiger partial charge on any atom is 0.353 e. The molecule has 1 aliphatic rings. The van der Waals surface area contributed by atoms with Crippen molar-refractivity contribution in [3.63, 3.8) is 0 Å². The van der Waals surface area contributed by atoms with Crippen molar-refractivity contribution in [2.45, 2.75) is 6.92 Å². The van der Waals surface area contributed by atoms with Gasteiger partial charge in [-0.05, 0) is 30.8 Å². The third-order valence-corrected chi connectivity index (χ3v) is 4.74. The monoisotopic (exact) mass is 406 g/mol. The fourth-order valence-electron chi connectivity index (χ4n) is 2.81. The Kier molecular flexibility index (Phi) is 5.44. The first-order valence-corrected chi connectivity index (χ1v) is 8.87. The van der Waals surface area contributed by atoms with Crippen LogP contribution in [0.15, 0.2) is 35.1 Å². The van der Waals surface area contributed by atoms with E-state index in [4.69, 9.17) is 0 Å². The van der Waals surface area contributed by atoms with Crippen LogP contribution in [0.3, 0.4) is 0 Å². The number of hydrogen-bond acceptors (Lipinski definition) is 7. The lowest BCUT2D eigenvalue weighted by atomic mass is 10.2. The van der Waals surface area contributed by atoms with Gasteiger partial charge in [-0.25, -0.2) is 9.97 Å². The highest BCUT2D eigenvalue weighted by Gasteiger charge is 2.29. The molecule has 2 heterocycles. The minimum absolute atomic E-state index is 0.0876. The van der Waals surface area contributed by atoms with E-state index in [9.17, 15) is 10.1 Å². The zero-order valence-corrected chi connectivity index (χ0v) is 15.4. The molecule has 25 heavy (non-hydrogen) atoms. The van der Waals surface area contributed by atoms with Crippen LogP contribution in [0.25, 0.3) is 0 Å². The molecule has 0 amide bonds. The summed E-state index contributed by atoms with van der Waals surface area (Å²) >= 11 is 3.37. The highest BCUT2D eigenvalue weighted by Crippen LogP contribution is 2.34. The van der Waals surface area contributed by atoms with E-state index in [0.717, 1.165) is 29.8 Å². The average Bonchev–Trinajstić information content (AvgIpc) is 2.63. The molecule has 0 spiro atoms. The summed E-state index contributed by atoms with van der Waals surface area (Å²) in [5.74, 6) is 0.575. The first kappa shape index (κ1) is 17.6. The molecule has 3 rings (SSSR count). The fourth-order valence-corrected chi connectivity index (χ4v) is 3.07. The summed E-state index contributed by atoms with van der Waals surface area (Å²) in [5, 5.41) is 14.7. The van der Waals surface area contributed by atoms with Crippen LogP contribution in [-0.2, 0) is 0 Å². The molecule has 1 fully saturated rings. The Bertz CT molecular complexity index is 747. The molecule has 132 valence electrons. The number of anilines is 3. The van der Waals surface area contributed by atoms with E-state index in [-0.39, 0.29) is 11.5 Å². The number of rotatable bonds is 5. The van der Waals surface area contributed by atoms with E-state index >= 15 is 0 Å². The van der Waals surface area contributed by atoms with Gasteiger partial charge in [0.15, 0.2) is 0 Å². The molecule has 0 saturated carbocycles. The van der Waals surface area contributed by atoms with Crippen LogP contribution in [0.2, 0.25) is 0 Å². The third kappa shape index (κ3) is 4.05. The molecule has 0 bridgehead atoms.